The summed E-state index contributed by atoms with van der Waals surface area (Å²) in [6, 6.07) is 0. The fraction of sp³-hybridized carbons (Fsp3) is 1.00. The zero-order valence-electron chi connectivity index (χ0n) is 8.45. The molecule has 1 nitrogen and oxygen atoms in total. The number of hydrogen-bond donors (Lipinski definition) is 0. The molecule has 0 N–H and O–H groups in total. The van der Waals surface area contributed by atoms with E-state index in [4.69, 9.17) is 0 Å². The van der Waals surface area contributed by atoms with Crippen LogP contribution in [0.2, 0.25) is 34.5 Å². The Bertz CT molecular complexity index is 97.8. The van der Waals surface area contributed by atoms with E-state index < -0.39 is 26.9 Å². The predicted molar refractivity (Wildman–Crippen MR) is 54.5 cm³/mol. The van der Waals surface area contributed by atoms with E-state index in [0.717, 1.165) is 0 Å². The summed E-state index contributed by atoms with van der Waals surface area (Å²) >= 11 is -1.69. The number of nitrogens with zero attached hydrogens (tertiary/aromatic N) is 1. The molecule has 0 aliphatic heterocycles. The van der Waals surface area contributed by atoms with E-state index in [1.54, 1.807) is 0 Å². The van der Waals surface area contributed by atoms with Crippen LogP contribution in [0.3, 0.4) is 0 Å². The van der Waals surface area contributed by atoms with E-state index in [0.29, 0.717) is 0 Å². The van der Waals surface area contributed by atoms with Crippen molar-refractivity contribution in [3.05, 3.63) is 0 Å². The summed E-state index contributed by atoms with van der Waals surface area (Å²) in [5.74, 6) is 0. The standard InChI is InChI=1S/C4H12NSi.3CH3.Sn/c1-5-6(2,3)4;;;;/h1-4H3;3*1H3;/q-1;;;;+1. The van der Waals surface area contributed by atoms with Gasteiger partial charge in [-0.05, 0) is 0 Å². The first-order chi connectivity index (χ1) is 4.15. The van der Waals surface area contributed by atoms with Gasteiger partial charge in [0, 0.05) is 0 Å². The molecule has 0 bridgehead atoms. The van der Waals surface area contributed by atoms with Gasteiger partial charge in [-0.15, -0.1) is 0 Å². The summed E-state index contributed by atoms with van der Waals surface area (Å²) in [6.07, 6.45) is 0. The molecule has 0 fully saturated rings. The third-order valence-corrected chi connectivity index (χ3v) is 20.0. The van der Waals surface area contributed by atoms with Crippen molar-refractivity contribution in [2.24, 2.45) is 0 Å². The summed E-state index contributed by atoms with van der Waals surface area (Å²) in [5.41, 5.74) is 0. The summed E-state index contributed by atoms with van der Waals surface area (Å²) in [7, 11) is 1.35. The molecule has 62 valence electrons. The van der Waals surface area contributed by atoms with Gasteiger partial charge < -0.3 is 0 Å². The van der Waals surface area contributed by atoms with Crippen molar-refractivity contribution in [3.63, 3.8) is 0 Å². The van der Waals surface area contributed by atoms with Crippen molar-refractivity contribution in [3.8, 4) is 0 Å². The van der Waals surface area contributed by atoms with Gasteiger partial charge in [-0.1, -0.05) is 0 Å². The summed E-state index contributed by atoms with van der Waals surface area (Å²) in [5, 5.41) is 0. The second-order valence-electron chi connectivity index (χ2n) is 4.90. The summed E-state index contributed by atoms with van der Waals surface area (Å²) < 4.78 is 2.72. The molecule has 0 rings (SSSR count). The van der Waals surface area contributed by atoms with Gasteiger partial charge in [0.25, 0.3) is 0 Å². The zero-order valence-corrected chi connectivity index (χ0v) is 12.3. The van der Waals surface area contributed by atoms with Crippen molar-refractivity contribution in [1.29, 1.82) is 0 Å². The van der Waals surface area contributed by atoms with Crippen molar-refractivity contribution >= 4 is 26.9 Å². The molecular weight excluding hydrogens is 245 g/mol. The van der Waals surface area contributed by atoms with Crippen molar-refractivity contribution < 1.29 is 0 Å². The summed E-state index contributed by atoms with van der Waals surface area (Å²) in [4.78, 5) is 7.44. The molecule has 0 aromatic carbocycles. The number of hydrogen-bond acceptors (Lipinski definition) is 1. The molecule has 0 saturated heterocycles. The molecule has 0 spiro atoms. The molecule has 0 radical (unpaired) electrons. The molecule has 0 amide bonds. The van der Waals surface area contributed by atoms with E-state index in [9.17, 15) is 0 Å². The van der Waals surface area contributed by atoms with Crippen LogP contribution in [0, 0.1) is 0 Å². The Hall–Kier alpha value is 0.976. The van der Waals surface area contributed by atoms with Crippen LogP contribution in [0.5, 0.6) is 0 Å². The van der Waals surface area contributed by atoms with Gasteiger partial charge in [0.2, 0.25) is 0 Å². The first-order valence-electron chi connectivity index (χ1n) is 3.89. The minimum absolute atomic E-state index is 0.969. The summed E-state index contributed by atoms with van der Waals surface area (Å²) in [6.45, 7) is 7.28. The monoisotopic (exact) mass is 267 g/mol. The van der Waals surface area contributed by atoms with Gasteiger partial charge in [0.15, 0.2) is 0 Å². The molecule has 0 aromatic heterocycles. The van der Waals surface area contributed by atoms with E-state index in [1.165, 1.54) is 0 Å². The van der Waals surface area contributed by atoms with Crippen LogP contribution in [0.25, 0.3) is 0 Å². The van der Waals surface area contributed by atoms with E-state index in [1.807, 2.05) is 0 Å². The van der Waals surface area contributed by atoms with Crippen molar-refractivity contribution in [1.82, 2.24) is 2.79 Å². The van der Waals surface area contributed by atoms with Crippen LogP contribution < -0.4 is 0 Å². The van der Waals surface area contributed by atoms with E-state index in [-0.39, 0.29) is 0 Å². The van der Waals surface area contributed by atoms with Crippen molar-refractivity contribution in [2.45, 2.75) is 34.5 Å². The van der Waals surface area contributed by atoms with Crippen molar-refractivity contribution in [2.75, 3.05) is 7.05 Å². The van der Waals surface area contributed by atoms with Gasteiger partial charge in [0.1, 0.15) is 0 Å². The van der Waals surface area contributed by atoms with Gasteiger partial charge in [0.05, 0.1) is 0 Å². The molecule has 3 heteroatoms. The van der Waals surface area contributed by atoms with E-state index >= 15 is 0 Å². The molecule has 0 atom stereocenters. The average molecular weight is 266 g/mol. The maximum atomic E-state index is 2.72. The Balaban J connectivity index is 4.23. The predicted octanol–water partition coefficient (Wildman–Crippen LogP) is 2.59. The molecule has 0 aromatic rings. The fourth-order valence-corrected chi connectivity index (χ4v) is 20.2. The minimum atomic E-state index is -1.69. The SMILES string of the molecule is C[N]([Si](C)(C)C)[Sn]([CH3])([CH3])[CH3]. The molecule has 10 heavy (non-hydrogen) atoms. The van der Waals surface area contributed by atoms with Crippen LogP contribution in [0.4, 0.5) is 0 Å². The topological polar surface area (TPSA) is 3.24 Å². The first-order valence-corrected chi connectivity index (χ1v) is 17.2. The third kappa shape index (κ3) is 3.39. The maximum absolute atomic E-state index is 2.72. The van der Waals surface area contributed by atoms with Gasteiger partial charge in [-0.2, -0.15) is 0 Å². The number of rotatable bonds is 2. The van der Waals surface area contributed by atoms with E-state index in [2.05, 4.69) is 44.3 Å². The Kier molecular flexibility index (Phi) is 3.46. The molecule has 0 heterocycles. The second-order valence-corrected chi connectivity index (χ2v) is 25.5. The molecule has 0 aliphatic carbocycles. The fourth-order valence-electron chi connectivity index (χ4n) is 1.01. The molecule has 0 unspecified atom stereocenters. The molecular formula is C7H21NSiSn. The normalized spacial score (nSPS) is 14.4. The Labute approximate surface area is 71.1 Å². The third-order valence-electron chi connectivity index (χ3n) is 2.01. The van der Waals surface area contributed by atoms with Crippen LogP contribution in [0.15, 0.2) is 0 Å². The van der Waals surface area contributed by atoms with Crippen LogP contribution in [-0.4, -0.2) is 36.7 Å². The van der Waals surface area contributed by atoms with Gasteiger partial charge in [-0.25, -0.2) is 0 Å². The Morgan fingerprint density at radius 1 is 1.00 bits per heavy atom. The van der Waals surface area contributed by atoms with Gasteiger partial charge in [-0.3, -0.25) is 0 Å². The molecule has 0 saturated carbocycles. The Morgan fingerprint density at radius 2 is 1.30 bits per heavy atom. The van der Waals surface area contributed by atoms with Crippen LogP contribution >= 0.6 is 0 Å². The zero-order chi connectivity index (χ0) is 8.58. The van der Waals surface area contributed by atoms with Gasteiger partial charge >= 0.3 is 71.2 Å². The second kappa shape index (κ2) is 3.15. The average Bonchev–Trinajstić information content (AvgIpc) is 1.59. The quantitative estimate of drug-likeness (QED) is 0.694. The Morgan fingerprint density at radius 3 is 1.30 bits per heavy atom. The molecule has 0 aliphatic rings. The van der Waals surface area contributed by atoms with Crippen LogP contribution in [0.1, 0.15) is 0 Å². The van der Waals surface area contributed by atoms with Crippen LogP contribution in [-0.2, 0) is 0 Å². The first kappa shape index (κ1) is 11.0.